The number of ether oxygens (including phenoxy) is 1. The highest BCUT2D eigenvalue weighted by atomic mass is 16.5. The van der Waals surface area contributed by atoms with Crippen LogP contribution in [0.25, 0.3) is 0 Å². The van der Waals surface area contributed by atoms with Crippen molar-refractivity contribution in [3.8, 4) is 5.75 Å². The molecule has 2 aliphatic rings. The van der Waals surface area contributed by atoms with Crippen LogP contribution in [0.5, 0.6) is 5.75 Å². The van der Waals surface area contributed by atoms with E-state index in [9.17, 15) is 4.79 Å². The number of carbonyl (C=O) groups excluding carboxylic acids is 1. The second kappa shape index (κ2) is 6.06. The number of nitrogens with one attached hydrogen (secondary N) is 2. The van der Waals surface area contributed by atoms with Gasteiger partial charge in [-0.2, -0.15) is 0 Å². The lowest BCUT2D eigenvalue weighted by molar-refractivity contribution is -0.121. The minimum atomic E-state index is 0.115. The highest BCUT2D eigenvalue weighted by molar-refractivity contribution is 5.79. The Hall–Kier alpha value is -1.55. The Morgan fingerprint density at radius 3 is 3.05 bits per heavy atom. The van der Waals surface area contributed by atoms with Gasteiger partial charge in [-0.15, -0.1) is 0 Å². The van der Waals surface area contributed by atoms with Crippen molar-refractivity contribution in [2.45, 2.75) is 50.1 Å². The molecule has 114 valence electrons. The Bertz CT molecular complexity index is 511. The van der Waals surface area contributed by atoms with Gasteiger partial charge in [0.2, 0.25) is 5.91 Å². The summed E-state index contributed by atoms with van der Waals surface area (Å²) in [6.07, 6.45) is 6.37. The summed E-state index contributed by atoms with van der Waals surface area (Å²) in [7, 11) is 1.65. The molecule has 1 aromatic rings. The van der Waals surface area contributed by atoms with Crippen molar-refractivity contribution < 1.29 is 9.53 Å². The fourth-order valence-corrected chi connectivity index (χ4v) is 3.51. The Labute approximate surface area is 126 Å². The maximum absolute atomic E-state index is 12.2. The van der Waals surface area contributed by atoms with Gasteiger partial charge in [-0.3, -0.25) is 4.79 Å². The Morgan fingerprint density at radius 1 is 1.48 bits per heavy atom. The van der Waals surface area contributed by atoms with Crippen molar-refractivity contribution in [2.75, 3.05) is 13.7 Å². The van der Waals surface area contributed by atoms with Gasteiger partial charge in [0.15, 0.2) is 0 Å². The fourth-order valence-electron chi connectivity index (χ4n) is 3.51. The summed E-state index contributed by atoms with van der Waals surface area (Å²) in [5, 5.41) is 6.84. The lowest BCUT2D eigenvalue weighted by Gasteiger charge is -2.48. The van der Waals surface area contributed by atoms with Gasteiger partial charge < -0.3 is 15.4 Å². The number of methoxy groups -OCH3 is 1. The predicted molar refractivity (Wildman–Crippen MR) is 82.4 cm³/mol. The highest BCUT2D eigenvalue weighted by Gasteiger charge is 2.41. The van der Waals surface area contributed by atoms with Crippen molar-refractivity contribution in [1.82, 2.24) is 10.6 Å². The minimum absolute atomic E-state index is 0.115. The fraction of sp³-hybridized carbons (Fsp3) is 0.588. The van der Waals surface area contributed by atoms with E-state index < -0.39 is 0 Å². The number of piperidine rings is 1. The van der Waals surface area contributed by atoms with Crippen LogP contribution >= 0.6 is 0 Å². The zero-order valence-corrected chi connectivity index (χ0v) is 12.7. The van der Waals surface area contributed by atoms with E-state index in [1.807, 2.05) is 24.3 Å². The molecule has 0 radical (unpaired) electrons. The number of benzene rings is 1. The molecule has 2 fully saturated rings. The Balaban J connectivity index is 1.53. The first kappa shape index (κ1) is 14.4. The van der Waals surface area contributed by atoms with Gasteiger partial charge in [0.05, 0.1) is 13.5 Å². The zero-order valence-electron chi connectivity index (χ0n) is 12.7. The molecular weight excluding hydrogens is 264 g/mol. The van der Waals surface area contributed by atoms with E-state index in [4.69, 9.17) is 4.74 Å². The number of hydrogen-bond acceptors (Lipinski definition) is 3. The van der Waals surface area contributed by atoms with Gasteiger partial charge in [0.25, 0.3) is 0 Å². The SMILES string of the molecule is COc1cccc(CC(=O)NC2CCNC3(CCC3)C2)c1. The van der Waals surface area contributed by atoms with Crippen molar-refractivity contribution in [3.05, 3.63) is 29.8 Å². The summed E-state index contributed by atoms with van der Waals surface area (Å²) in [5.74, 6) is 0.917. The van der Waals surface area contributed by atoms with Gasteiger partial charge in [0, 0.05) is 11.6 Å². The normalized spacial score (nSPS) is 23.4. The molecule has 21 heavy (non-hydrogen) atoms. The lowest BCUT2D eigenvalue weighted by atomic mass is 9.70. The smallest absolute Gasteiger partial charge is 0.224 e. The first-order valence-corrected chi connectivity index (χ1v) is 7.86. The molecule has 1 spiro atoms. The predicted octanol–water partition coefficient (Wildman–Crippen LogP) is 2.03. The average Bonchev–Trinajstić information content (AvgIpc) is 2.46. The van der Waals surface area contributed by atoms with E-state index in [-0.39, 0.29) is 5.91 Å². The van der Waals surface area contributed by atoms with Crippen LogP contribution in [0.1, 0.15) is 37.7 Å². The van der Waals surface area contributed by atoms with Crippen LogP contribution in [0.4, 0.5) is 0 Å². The Morgan fingerprint density at radius 2 is 2.33 bits per heavy atom. The monoisotopic (exact) mass is 288 g/mol. The molecule has 0 bridgehead atoms. The number of carbonyl (C=O) groups is 1. The molecule has 0 aromatic heterocycles. The maximum atomic E-state index is 12.2. The van der Waals surface area contributed by atoms with E-state index in [2.05, 4.69) is 10.6 Å². The van der Waals surface area contributed by atoms with Crippen molar-refractivity contribution in [3.63, 3.8) is 0 Å². The summed E-state index contributed by atoms with van der Waals surface area (Å²) in [5.41, 5.74) is 1.32. The molecule has 1 aromatic carbocycles. The van der Waals surface area contributed by atoms with Gasteiger partial charge in [-0.25, -0.2) is 0 Å². The standard InChI is InChI=1S/C17H24N2O2/c1-21-15-5-2-4-13(10-15)11-16(20)19-14-6-9-18-17(12-14)7-3-8-17/h2,4-5,10,14,18H,3,6-9,11-12H2,1H3,(H,19,20). The van der Waals surface area contributed by atoms with E-state index in [1.165, 1.54) is 19.3 Å². The number of rotatable bonds is 4. The summed E-state index contributed by atoms with van der Waals surface area (Å²) in [6, 6.07) is 8.04. The molecule has 1 unspecified atom stereocenters. The molecule has 3 rings (SSSR count). The molecule has 2 N–H and O–H groups in total. The largest absolute Gasteiger partial charge is 0.497 e. The van der Waals surface area contributed by atoms with E-state index in [0.29, 0.717) is 18.0 Å². The topological polar surface area (TPSA) is 50.4 Å². The van der Waals surface area contributed by atoms with Crippen molar-refractivity contribution in [2.24, 2.45) is 0 Å². The lowest BCUT2D eigenvalue weighted by Crippen LogP contribution is -2.59. The molecule has 1 aliphatic heterocycles. The van der Waals surface area contributed by atoms with E-state index >= 15 is 0 Å². The molecule has 4 nitrogen and oxygen atoms in total. The molecular formula is C17H24N2O2. The highest BCUT2D eigenvalue weighted by Crippen LogP contribution is 2.38. The summed E-state index contributed by atoms with van der Waals surface area (Å²) < 4.78 is 5.20. The Kier molecular flexibility index (Phi) is 4.15. The van der Waals surface area contributed by atoms with Crippen LogP contribution in [-0.2, 0) is 11.2 Å². The molecule has 1 saturated heterocycles. The first-order valence-electron chi connectivity index (χ1n) is 7.86. The van der Waals surface area contributed by atoms with Crippen molar-refractivity contribution >= 4 is 5.91 Å². The van der Waals surface area contributed by atoms with Crippen LogP contribution < -0.4 is 15.4 Å². The number of hydrogen-bond donors (Lipinski definition) is 2. The molecule has 1 atom stereocenters. The molecule has 1 heterocycles. The minimum Gasteiger partial charge on any atom is -0.497 e. The van der Waals surface area contributed by atoms with Gasteiger partial charge >= 0.3 is 0 Å². The van der Waals surface area contributed by atoms with Gasteiger partial charge in [-0.1, -0.05) is 12.1 Å². The first-order chi connectivity index (χ1) is 10.2. The van der Waals surface area contributed by atoms with Crippen molar-refractivity contribution in [1.29, 1.82) is 0 Å². The number of amides is 1. The van der Waals surface area contributed by atoms with E-state index in [0.717, 1.165) is 30.7 Å². The molecule has 4 heteroatoms. The second-order valence-corrected chi connectivity index (χ2v) is 6.35. The summed E-state index contributed by atoms with van der Waals surface area (Å²) >= 11 is 0. The third kappa shape index (κ3) is 3.38. The van der Waals surface area contributed by atoms with Crippen LogP contribution in [0.15, 0.2) is 24.3 Å². The average molecular weight is 288 g/mol. The van der Waals surface area contributed by atoms with E-state index in [1.54, 1.807) is 7.11 Å². The van der Waals surface area contributed by atoms with Crippen LogP contribution in [0.2, 0.25) is 0 Å². The third-order valence-electron chi connectivity index (χ3n) is 4.80. The van der Waals surface area contributed by atoms with Gasteiger partial charge in [0.1, 0.15) is 5.75 Å². The summed E-state index contributed by atoms with van der Waals surface area (Å²) in [6.45, 7) is 1.02. The quantitative estimate of drug-likeness (QED) is 0.891. The molecule has 1 aliphatic carbocycles. The van der Waals surface area contributed by atoms with Crippen LogP contribution in [-0.4, -0.2) is 31.1 Å². The van der Waals surface area contributed by atoms with Crippen LogP contribution in [0, 0.1) is 0 Å². The van der Waals surface area contributed by atoms with Gasteiger partial charge in [-0.05, 0) is 56.3 Å². The maximum Gasteiger partial charge on any atom is 0.224 e. The summed E-state index contributed by atoms with van der Waals surface area (Å²) in [4.78, 5) is 12.2. The second-order valence-electron chi connectivity index (χ2n) is 6.35. The third-order valence-corrected chi connectivity index (χ3v) is 4.80. The van der Waals surface area contributed by atoms with Crippen LogP contribution in [0.3, 0.4) is 0 Å². The molecule has 1 saturated carbocycles. The zero-order chi connectivity index (χ0) is 14.7. The molecule has 1 amide bonds.